The molecule has 2 heterocycles. The van der Waals surface area contributed by atoms with Crippen LogP contribution in [0.2, 0.25) is 0 Å². The Kier molecular flexibility index (Phi) is 9.52. The quantitative estimate of drug-likeness (QED) is 0.116. The molecular formula is C65H44N2S. The second kappa shape index (κ2) is 16.2. The summed E-state index contributed by atoms with van der Waals surface area (Å²) in [4.78, 5) is 4.94. The van der Waals surface area contributed by atoms with E-state index >= 15 is 0 Å². The number of anilines is 3. The zero-order valence-electron chi connectivity index (χ0n) is 37.5. The minimum Gasteiger partial charge on any atom is -0.309 e. The third-order valence-corrected chi connectivity index (χ3v) is 14.9. The molecule has 13 rings (SSSR count). The Morgan fingerprint density at radius 2 is 1.03 bits per heavy atom. The first-order valence-corrected chi connectivity index (χ1v) is 24.1. The Bertz CT molecular complexity index is 4080. The number of fused-ring (bicyclic) bond motifs is 12. The molecule has 68 heavy (non-hydrogen) atoms. The summed E-state index contributed by atoms with van der Waals surface area (Å²) in [5.41, 5.74) is 14.2. The highest BCUT2D eigenvalue weighted by atomic mass is 32.2. The van der Waals surface area contributed by atoms with Gasteiger partial charge in [-0.25, -0.2) is 0 Å². The SMILES string of the molecule is C=C/C=C\C=C(/C)c1cccc(N2c3cc(-c4ccc5c(c4)c4ccccc4n5-c4ccc5c6ccc(-c7ccccc7)cc6c6ccccc6c5c4)ccc3Sc3cc4ccccc4cc32)c1. The lowest BCUT2D eigenvalue weighted by Crippen LogP contribution is -2.15. The van der Waals surface area contributed by atoms with Crippen LogP contribution in [-0.2, 0) is 0 Å². The predicted octanol–water partition coefficient (Wildman–Crippen LogP) is 18.8. The number of nitrogens with zero attached hydrogens (tertiary/aromatic N) is 2. The Morgan fingerprint density at radius 1 is 0.412 bits per heavy atom. The molecule has 3 heteroatoms. The van der Waals surface area contributed by atoms with Crippen molar-refractivity contribution in [1.82, 2.24) is 4.57 Å². The second-order valence-electron chi connectivity index (χ2n) is 17.8. The fourth-order valence-electron chi connectivity index (χ4n) is 10.5. The number of para-hydroxylation sites is 1. The van der Waals surface area contributed by atoms with Crippen LogP contribution in [0.4, 0.5) is 17.1 Å². The van der Waals surface area contributed by atoms with Gasteiger partial charge in [-0.15, -0.1) is 0 Å². The van der Waals surface area contributed by atoms with Crippen molar-refractivity contribution >= 4 is 99.3 Å². The molecule has 0 atom stereocenters. The van der Waals surface area contributed by atoms with Gasteiger partial charge in [0, 0.05) is 31.9 Å². The monoisotopic (exact) mass is 884 g/mol. The molecule has 0 aliphatic carbocycles. The molecule has 0 radical (unpaired) electrons. The topological polar surface area (TPSA) is 8.17 Å². The standard InChI is InChI=1S/C65H44N2S/c1-3-4-6-16-42(2)44-21-15-22-50(35-44)67-62-39-49(29-34-64(62)68-65-40-46-20-10-9-19-45(46)38-63(65)67)48-28-33-61-59(37-48)56-25-13-14-26-60(56)66(61)51-30-32-55-54-31-27-47(43-17-7-5-8-18-43)36-57(54)52-23-11-12-24-53(52)58(55)41-51/h3-41H,1H2,2H3/b6-4-,42-16+. The summed E-state index contributed by atoms with van der Waals surface area (Å²) < 4.78 is 2.45. The minimum absolute atomic E-state index is 1.13. The van der Waals surface area contributed by atoms with E-state index in [-0.39, 0.29) is 0 Å². The summed E-state index contributed by atoms with van der Waals surface area (Å²) in [5.74, 6) is 0. The Morgan fingerprint density at radius 3 is 1.85 bits per heavy atom. The fourth-order valence-corrected chi connectivity index (χ4v) is 11.6. The van der Waals surface area contributed by atoms with Crippen molar-refractivity contribution in [3.05, 3.63) is 249 Å². The van der Waals surface area contributed by atoms with Crippen molar-refractivity contribution in [2.75, 3.05) is 4.90 Å². The van der Waals surface area contributed by atoms with Crippen LogP contribution in [0.15, 0.2) is 253 Å². The molecule has 2 nitrogen and oxygen atoms in total. The van der Waals surface area contributed by atoms with Gasteiger partial charge in [0.2, 0.25) is 0 Å². The van der Waals surface area contributed by atoms with Crippen molar-refractivity contribution < 1.29 is 0 Å². The number of allylic oxidation sites excluding steroid dienone is 5. The molecule has 0 amide bonds. The summed E-state index contributed by atoms with van der Waals surface area (Å²) in [6, 6.07) is 78.8. The van der Waals surface area contributed by atoms with Crippen molar-refractivity contribution in [2.45, 2.75) is 16.7 Å². The molecular weight excluding hydrogens is 841 g/mol. The van der Waals surface area contributed by atoms with E-state index in [1.54, 1.807) is 0 Å². The van der Waals surface area contributed by atoms with Crippen LogP contribution in [0.25, 0.3) is 98.4 Å². The normalized spacial score (nSPS) is 12.8. The van der Waals surface area contributed by atoms with Gasteiger partial charge in [0.1, 0.15) is 0 Å². The van der Waals surface area contributed by atoms with E-state index in [9.17, 15) is 0 Å². The highest BCUT2D eigenvalue weighted by Gasteiger charge is 2.27. The lowest BCUT2D eigenvalue weighted by Gasteiger charge is -2.34. The lowest BCUT2D eigenvalue weighted by atomic mass is 9.92. The van der Waals surface area contributed by atoms with E-state index in [2.05, 4.69) is 247 Å². The molecule has 1 aliphatic rings. The Hall–Kier alpha value is -8.37. The third kappa shape index (κ3) is 6.58. The largest absolute Gasteiger partial charge is 0.309 e. The molecule has 0 N–H and O–H groups in total. The Labute approximate surface area is 400 Å². The van der Waals surface area contributed by atoms with Gasteiger partial charge in [-0.05, 0) is 156 Å². The van der Waals surface area contributed by atoms with Gasteiger partial charge in [0.15, 0.2) is 0 Å². The van der Waals surface area contributed by atoms with Gasteiger partial charge in [-0.2, -0.15) is 0 Å². The maximum atomic E-state index is 3.85. The zero-order valence-corrected chi connectivity index (χ0v) is 38.3. The van der Waals surface area contributed by atoms with Crippen LogP contribution in [0, 0.1) is 0 Å². The summed E-state index contributed by atoms with van der Waals surface area (Å²) in [6.45, 7) is 6.02. The molecule has 0 saturated heterocycles. The first-order valence-electron chi connectivity index (χ1n) is 23.3. The van der Waals surface area contributed by atoms with Crippen LogP contribution in [0.1, 0.15) is 12.5 Å². The van der Waals surface area contributed by atoms with Crippen LogP contribution in [0.3, 0.4) is 0 Å². The number of aromatic nitrogens is 1. The number of hydrogen-bond acceptors (Lipinski definition) is 2. The molecule has 0 spiro atoms. The first-order chi connectivity index (χ1) is 33.6. The summed E-state index contributed by atoms with van der Waals surface area (Å²) in [5, 5.41) is 12.5. The van der Waals surface area contributed by atoms with E-state index in [0.29, 0.717) is 0 Å². The fraction of sp³-hybridized carbons (Fsp3) is 0.0154. The van der Waals surface area contributed by atoms with E-state index in [1.165, 1.54) is 119 Å². The van der Waals surface area contributed by atoms with Crippen molar-refractivity contribution in [3.8, 4) is 27.9 Å². The van der Waals surface area contributed by atoms with Crippen molar-refractivity contribution in [1.29, 1.82) is 0 Å². The summed E-state index contributed by atoms with van der Waals surface area (Å²) >= 11 is 1.86. The second-order valence-corrected chi connectivity index (χ2v) is 18.9. The number of benzene rings is 11. The van der Waals surface area contributed by atoms with Gasteiger partial charge in [0.25, 0.3) is 0 Å². The van der Waals surface area contributed by atoms with Crippen molar-refractivity contribution in [2.24, 2.45) is 0 Å². The van der Waals surface area contributed by atoms with Crippen LogP contribution in [-0.4, -0.2) is 4.57 Å². The molecule has 0 bridgehead atoms. The van der Waals surface area contributed by atoms with E-state index in [1.807, 2.05) is 23.9 Å². The summed E-state index contributed by atoms with van der Waals surface area (Å²) in [7, 11) is 0. The minimum atomic E-state index is 1.13. The van der Waals surface area contributed by atoms with E-state index < -0.39 is 0 Å². The molecule has 12 aromatic rings. The lowest BCUT2D eigenvalue weighted by molar-refractivity contribution is 1.17. The maximum absolute atomic E-state index is 3.85. The molecule has 11 aromatic carbocycles. The van der Waals surface area contributed by atoms with Crippen molar-refractivity contribution in [3.63, 3.8) is 0 Å². The molecule has 0 saturated carbocycles. The molecule has 320 valence electrons. The smallest absolute Gasteiger partial charge is 0.0608 e. The van der Waals surface area contributed by atoms with Gasteiger partial charge in [-0.3, -0.25) is 0 Å². The summed E-state index contributed by atoms with van der Waals surface area (Å²) in [6.07, 6.45) is 7.98. The van der Waals surface area contributed by atoms with Crippen LogP contribution < -0.4 is 4.90 Å². The van der Waals surface area contributed by atoms with Gasteiger partial charge in [-0.1, -0.05) is 182 Å². The van der Waals surface area contributed by atoms with E-state index in [0.717, 1.165) is 11.4 Å². The third-order valence-electron chi connectivity index (χ3n) is 13.8. The van der Waals surface area contributed by atoms with Gasteiger partial charge >= 0.3 is 0 Å². The molecule has 0 unspecified atom stereocenters. The Balaban J connectivity index is 0.948. The molecule has 0 fully saturated rings. The predicted molar refractivity (Wildman–Crippen MR) is 293 cm³/mol. The zero-order chi connectivity index (χ0) is 45.3. The highest BCUT2D eigenvalue weighted by Crippen LogP contribution is 2.54. The van der Waals surface area contributed by atoms with Crippen LogP contribution >= 0.6 is 11.8 Å². The van der Waals surface area contributed by atoms with E-state index in [4.69, 9.17) is 0 Å². The van der Waals surface area contributed by atoms with Crippen LogP contribution in [0.5, 0.6) is 0 Å². The first kappa shape index (κ1) is 39.9. The van der Waals surface area contributed by atoms with Gasteiger partial charge < -0.3 is 9.47 Å². The highest BCUT2D eigenvalue weighted by molar-refractivity contribution is 7.99. The number of hydrogen-bond donors (Lipinski definition) is 0. The molecule has 1 aromatic heterocycles. The maximum Gasteiger partial charge on any atom is 0.0608 e. The number of rotatable bonds is 7. The average molecular weight is 885 g/mol. The molecule has 1 aliphatic heterocycles. The van der Waals surface area contributed by atoms with Gasteiger partial charge in [0.05, 0.1) is 22.4 Å². The average Bonchev–Trinajstić information content (AvgIpc) is 3.73.